The third-order valence-electron chi connectivity index (χ3n) is 5.24. The molecule has 0 amide bonds. The fourth-order valence-corrected chi connectivity index (χ4v) is 3.89. The number of fused-ring (bicyclic) bond motifs is 2. The van der Waals surface area contributed by atoms with Gasteiger partial charge in [0.15, 0.2) is 5.88 Å². The van der Waals surface area contributed by atoms with Crippen molar-refractivity contribution in [2.24, 2.45) is 4.99 Å². The molecule has 1 aliphatic rings. The van der Waals surface area contributed by atoms with Crippen LogP contribution in [0.15, 0.2) is 77.8 Å². The second-order valence-corrected chi connectivity index (χ2v) is 7.09. The van der Waals surface area contributed by atoms with Crippen molar-refractivity contribution in [3.8, 4) is 5.88 Å². The number of hydrogen-bond donors (Lipinski definition) is 3. The molecule has 0 atom stereocenters. The van der Waals surface area contributed by atoms with Gasteiger partial charge in [-0.1, -0.05) is 48.5 Å². The topological polar surface area (TPSA) is 60.4 Å². The van der Waals surface area contributed by atoms with E-state index in [-0.39, 0.29) is 5.88 Å². The molecule has 0 aliphatic carbocycles. The molecule has 2 heterocycles. The van der Waals surface area contributed by atoms with Gasteiger partial charge in [-0.3, -0.25) is 0 Å². The molecule has 1 aromatic heterocycles. The Morgan fingerprint density at radius 1 is 0.929 bits per heavy atom. The molecule has 3 aromatic carbocycles. The van der Waals surface area contributed by atoms with E-state index in [9.17, 15) is 5.11 Å². The molecule has 0 saturated carbocycles. The summed E-state index contributed by atoms with van der Waals surface area (Å²) in [5, 5.41) is 15.1. The van der Waals surface area contributed by atoms with Crippen molar-refractivity contribution in [1.82, 2.24) is 4.98 Å². The summed E-state index contributed by atoms with van der Waals surface area (Å²) in [6.07, 6.45) is 2.19. The van der Waals surface area contributed by atoms with Crippen LogP contribution in [0.25, 0.3) is 10.9 Å². The van der Waals surface area contributed by atoms with E-state index in [1.165, 1.54) is 11.3 Å². The van der Waals surface area contributed by atoms with Crippen LogP contribution in [-0.4, -0.2) is 22.3 Å². The quantitative estimate of drug-likeness (QED) is 0.425. The molecule has 0 fully saturated rings. The van der Waals surface area contributed by atoms with Gasteiger partial charge < -0.3 is 15.4 Å². The number of hydrogen-bond acceptors (Lipinski definition) is 3. The van der Waals surface area contributed by atoms with Gasteiger partial charge in [0, 0.05) is 28.7 Å². The van der Waals surface area contributed by atoms with E-state index >= 15 is 0 Å². The second kappa shape index (κ2) is 6.89. The molecular weight excluding hydrogens is 346 g/mol. The summed E-state index contributed by atoms with van der Waals surface area (Å²) in [6.45, 7) is 1.02. The number of rotatable bonds is 3. The summed E-state index contributed by atoms with van der Waals surface area (Å²) in [5.41, 5.74) is 6.75. The van der Waals surface area contributed by atoms with Gasteiger partial charge in [-0.15, -0.1) is 0 Å². The third kappa shape index (κ3) is 2.93. The number of benzene rings is 3. The van der Waals surface area contributed by atoms with E-state index in [0.717, 1.165) is 52.8 Å². The van der Waals surface area contributed by atoms with Gasteiger partial charge >= 0.3 is 0 Å². The molecule has 0 radical (unpaired) electrons. The maximum absolute atomic E-state index is 10.7. The van der Waals surface area contributed by atoms with Crippen molar-refractivity contribution >= 4 is 28.0 Å². The van der Waals surface area contributed by atoms with Gasteiger partial charge in [0.05, 0.1) is 17.0 Å². The molecule has 0 bridgehead atoms. The normalized spacial score (nSPS) is 13.9. The molecule has 0 spiro atoms. The summed E-state index contributed by atoms with van der Waals surface area (Å²) in [6, 6.07) is 24.2. The van der Waals surface area contributed by atoms with Crippen LogP contribution in [0, 0.1) is 0 Å². The number of H-pyrrole nitrogens is 1. The Hall–Kier alpha value is -3.53. The molecular formula is C24H21N3O. The number of aromatic amines is 1. The van der Waals surface area contributed by atoms with E-state index in [1.54, 1.807) is 0 Å². The maximum Gasteiger partial charge on any atom is 0.199 e. The molecule has 138 valence electrons. The van der Waals surface area contributed by atoms with Crippen LogP contribution < -0.4 is 5.32 Å². The molecule has 0 saturated heterocycles. The first kappa shape index (κ1) is 16.6. The Morgan fingerprint density at radius 3 is 2.64 bits per heavy atom. The number of anilines is 1. The van der Waals surface area contributed by atoms with E-state index in [1.807, 2.05) is 60.7 Å². The summed E-state index contributed by atoms with van der Waals surface area (Å²) >= 11 is 0. The Balaban J connectivity index is 1.71. The highest BCUT2D eigenvalue weighted by Gasteiger charge is 2.18. The zero-order valence-electron chi connectivity index (χ0n) is 15.4. The van der Waals surface area contributed by atoms with Crippen molar-refractivity contribution in [3.63, 3.8) is 0 Å². The van der Waals surface area contributed by atoms with Crippen LogP contribution in [0.4, 0.5) is 11.4 Å². The average molecular weight is 367 g/mol. The van der Waals surface area contributed by atoms with Crippen molar-refractivity contribution < 1.29 is 5.11 Å². The Morgan fingerprint density at radius 2 is 1.75 bits per heavy atom. The summed E-state index contributed by atoms with van der Waals surface area (Å²) < 4.78 is 0. The Kier molecular flexibility index (Phi) is 4.09. The Bertz CT molecular complexity index is 1180. The van der Waals surface area contributed by atoms with E-state index < -0.39 is 0 Å². The lowest BCUT2D eigenvalue weighted by atomic mass is 10.00. The summed E-state index contributed by atoms with van der Waals surface area (Å²) in [5.74, 6) is 0.142. The monoisotopic (exact) mass is 367 g/mol. The number of para-hydroxylation sites is 1. The van der Waals surface area contributed by atoms with Crippen molar-refractivity contribution in [2.75, 3.05) is 11.9 Å². The van der Waals surface area contributed by atoms with Gasteiger partial charge in [0.25, 0.3) is 0 Å². The van der Waals surface area contributed by atoms with Crippen LogP contribution in [0.1, 0.15) is 23.1 Å². The zero-order chi connectivity index (χ0) is 18.9. The maximum atomic E-state index is 10.7. The lowest BCUT2D eigenvalue weighted by molar-refractivity contribution is 0.457. The number of aromatic nitrogens is 1. The smallest absolute Gasteiger partial charge is 0.199 e. The molecule has 5 rings (SSSR count). The number of aryl methyl sites for hydroxylation is 1. The van der Waals surface area contributed by atoms with E-state index in [0.29, 0.717) is 0 Å². The average Bonchev–Trinajstić information content (AvgIpc) is 3.08. The molecule has 4 heteroatoms. The minimum absolute atomic E-state index is 0.142. The highest BCUT2D eigenvalue weighted by Crippen LogP contribution is 2.32. The van der Waals surface area contributed by atoms with Gasteiger partial charge in [0.2, 0.25) is 0 Å². The highest BCUT2D eigenvalue weighted by atomic mass is 16.3. The van der Waals surface area contributed by atoms with Gasteiger partial charge in [0.1, 0.15) is 0 Å². The first-order chi connectivity index (χ1) is 13.8. The van der Waals surface area contributed by atoms with Crippen LogP contribution in [0.5, 0.6) is 5.88 Å². The first-order valence-electron chi connectivity index (χ1n) is 9.60. The highest BCUT2D eigenvalue weighted by molar-refractivity contribution is 6.21. The second-order valence-electron chi connectivity index (χ2n) is 7.09. The summed E-state index contributed by atoms with van der Waals surface area (Å²) in [7, 11) is 0. The fourth-order valence-electron chi connectivity index (χ4n) is 3.89. The summed E-state index contributed by atoms with van der Waals surface area (Å²) in [4.78, 5) is 8.08. The minimum atomic E-state index is 0.142. The fraction of sp³-hybridized carbons (Fsp3) is 0.125. The lowest BCUT2D eigenvalue weighted by Gasteiger charge is -2.18. The largest absolute Gasteiger partial charge is 0.494 e. The predicted molar refractivity (Wildman–Crippen MR) is 115 cm³/mol. The predicted octanol–water partition coefficient (Wildman–Crippen LogP) is 5.40. The third-order valence-corrected chi connectivity index (χ3v) is 5.24. The van der Waals surface area contributed by atoms with Crippen molar-refractivity contribution in [2.45, 2.75) is 12.8 Å². The van der Waals surface area contributed by atoms with Gasteiger partial charge in [-0.05, 0) is 42.7 Å². The first-order valence-corrected chi connectivity index (χ1v) is 9.60. The molecule has 28 heavy (non-hydrogen) atoms. The molecule has 4 nitrogen and oxygen atoms in total. The van der Waals surface area contributed by atoms with E-state index in [2.05, 4.69) is 22.4 Å². The molecule has 1 aliphatic heterocycles. The van der Waals surface area contributed by atoms with Crippen LogP contribution >= 0.6 is 0 Å². The van der Waals surface area contributed by atoms with E-state index in [4.69, 9.17) is 4.99 Å². The minimum Gasteiger partial charge on any atom is -0.494 e. The molecule has 3 N–H and O–H groups in total. The van der Waals surface area contributed by atoms with Crippen molar-refractivity contribution in [1.29, 1.82) is 0 Å². The molecule has 0 unspecified atom stereocenters. The Labute approximate surface area is 163 Å². The zero-order valence-corrected chi connectivity index (χ0v) is 15.4. The van der Waals surface area contributed by atoms with Crippen LogP contribution in [0.3, 0.4) is 0 Å². The van der Waals surface area contributed by atoms with Crippen LogP contribution in [0.2, 0.25) is 0 Å². The lowest BCUT2D eigenvalue weighted by Crippen LogP contribution is -2.11. The van der Waals surface area contributed by atoms with Crippen LogP contribution in [-0.2, 0) is 6.42 Å². The number of aromatic hydroxyl groups is 1. The number of nitrogens with zero attached hydrogens (tertiary/aromatic N) is 1. The number of aliphatic imine (C=N–C) groups is 1. The molecule has 4 aromatic rings. The number of nitrogens with one attached hydrogen (secondary N) is 2. The standard InChI is InChI=1S/C24H21N3O/c28-24-22(19-10-4-5-11-21(19)27-24)23(16-7-2-1-3-8-16)26-18-12-13-20-17(15-18)9-6-14-25-20/h1-5,7-8,10-13,15,25,27-28H,6,9,14H2. The van der Waals surface area contributed by atoms with Gasteiger partial charge in [-0.2, -0.15) is 0 Å². The van der Waals surface area contributed by atoms with Crippen molar-refractivity contribution in [3.05, 3.63) is 89.5 Å². The SMILES string of the molecule is Oc1[nH]c2ccccc2c1C(=Nc1ccc2c(c1)CCCN2)c1ccccc1. The van der Waals surface area contributed by atoms with Gasteiger partial charge in [-0.25, -0.2) is 4.99 Å².